The Hall–Kier alpha value is -1.96. The van der Waals surface area contributed by atoms with Gasteiger partial charge < -0.3 is 0 Å². The minimum atomic E-state index is -3.76. The molecular weight excluding hydrogens is 314 g/mol. The zero-order valence-electron chi connectivity index (χ0n) is 13.8. The molecule has 2 aromatic heterocycles. The lowest BCUT2D eigenvalue weighted by molar-refractivity contribution is 0.599. The van der Waals surface area contributed by atoms with Crippen molar-refractivity contribution in [1.29, 1.82) is 0 Å². The molecule has 0 aromatic carbocycles. The molecule has 0 atom stereocenters. The van der Waals surface area contributed by atoms with Gasteiger partial charge in [-0.05, 0) is 39.2 Å². The van der Waals surface area contributed by atoms with E-state index in [4.69, 9.17) is 0 Å². The normalized spacial score (nSPS) is 15.0. The first kappa shape index (κ1) is 15.9. The number of aryl methyl sites for hydroxylation is 3. The van der Waals surface area contributed by atoms with Gasteiger partial charge in [-0.25, -0.2) is 23.1 Å². The molecule has 124 valence electrons. The van der Waals surface area contributed by atoms with Crippen LogP contribution in [0.25, 0.3) is 0 Å². The number of rotatable bonds is 5. The van der Waals surface area contributed by atoms with Crippen LogP contribution in [-0.2, 0) is 23.5 Å². The molecule has 0 bridgehead atoms. The molecule has 1 N–H and O–H groups in total. The van der Waals surface area contributed by atoms with E-state index in [0.29, 0.717) is 17.3 Å². The maximum Gasteiger partial charge on any atom is 0.267 e. The van der Waals surface area contributed by atoms with Gasteiger partial charge in [-0.2, -0.15) is 5.10 Å². The smallest absolute Gasteiger partial charge is 0.267 e. The molecule has 23 heavy (non-hydrogen) atoms. The van der Waals surface area contributed by atoms with Crippen molar-refractivity contribution in [1.82, 2.24) is 19.7 Å². The van der Waals surface area contributed by atoms with Crippen molar-refractivity contribution in [3.8, 4) is 0 Å². The van der Waals surface area contributed by atoms with E-state index in [0.717, 1.165) is 30.7 Å². The van der Waals surface area contributed by atoms with E-state index in [1.54, 1.807) is 25.6 Å². The maximum atomic E-state index is 12.7. The van der Waals surface area contributed by atoms with Crippen molar-refractivity contribution in [2.24, 2.45) is 7.05 Å². The van der Waals surface area contributed by atoms with E-state index in [1.165, 1.54) is 0 Å². The summed E-state index contributed by atoms with van der Waals surface area (Å²) >= 11 is 0. The van der Waals surface area contributed by atoms with Crippen molar-refractivity contribution < 1.29 is 8.42 Å². The van der Waals surface area contributed by atoms with Crippen LogP contribution in [0.3, 0.4) is 0 Å². The first-order valence-corrected chi connectivity index (χ1v) is 9.21. The lowest BCUT2D eigenvalue weighted by atomic mass is 10.2. The summed E-state index contributed by atoms with van der Waals surface area (Å²) in [5.74, 6) is 0.585. The van der Waals surface area contributed by atoms with Gasteiger partial charge in [0.25, 0.3) is 10.0 Å². The molecule has 0 spiro atoms. The Morgan fingerprint density at radius 3 is 2.52 bits per heavy atom. The fourth-order valence-electron chi connectivity index (χ4n) is 2.65. The molecule has 1 fully saturated rings. The number of hydrogen-bond acceptors (Lipinski definition) is 5. The molecule has 1 aliphatic rings. The number of nitrogens with one attached hydrogen (secondary N) is 1. The van der Waals surface area contributed by atoms with Gasteiger partial charge in [-0.15, -0.1) is 0 Å². The van der Waals surface area contributed by atoms with Gasteiger partial charge in [0, 0.05) is 24.4 Å². The highest BCUT2D eigenvalue weighted by molar-refractivity contribution is 7.92. The average Bonchev–Trinajstić information content (AvgIpc) is 3.26. The van der Waals surface area contributed by atoms with Gasteiger partial charge in [0.15, 0.2) is 0 Å². The molecule has 0 saturated heterocycles. The van der Waals surface area contributed by atoms with Gasteiger partial charge in [0.1, 0.15) is 4.90 Å². The summed E-state index contributed by atoms with van der Waals surface area (Å²) in [6.45, 7) is 5.40. The quantitative estimate of drug-likeness (QED) is 0.903. The Morgan fingerprint density at radius 1 is 1.30 bits per heavy atom. The lowest BCUT2D eigenvalue weighted by Crippen LogP contribution is -2.17. The number of sulfonamides is 1. The number of nitrogens with zero attached hydrogens (tertiary/aromatic N) is 4. The van der Waals surface area contributed by atoms with E-state index >= 15 is 0 Å². The summed E-state index contributed by atoms with van der Waals surface area (Å²) in [4.78, 5) is 8.89. The predicted octanol–water partition coefficient (Wildman–Crippen LogP) is 2.07. The second-order valence-corrected chi connectivity index (χ2v) is 7.58. The highest BCUT2D eigenvalue weighted by atomic mass is 32.2. The highest BCUT2D eigenvalue weighted by Gasteiger charge is 2.28. The van der Waals surface area contributed by atoms with Crippen LogP contribution in [0.1, 0.15) is 48.5 Å². The van der Waals surface area contributed by atoms with Gasteiger partial charge in [0.2, 0.25) is 5.95 Å². The Kier molecular flexibility index (Phi) is 3.87. The van der Waals surface area contributed by atoms with Gasteiger partial charge >= 0.3 is 0 Å². The minimum absolute atomic E-state index is 0.147. The highest BCUT2D eigenvalue weighted by Crippen LogP contribution is 2.39. The molecular formula is C15H21N5O2S. The molecule has 0 unspecified atom stereocenters. The van der Waals surface area contributed by atoms with Crippen LogP contribution in [0.15, 0.2) is 11.0 Å². The molecule has 0 radical (unpaired) electrons. The Labute approximate surface area is 136 Å². The second kappa shape index (κ2) is 5.59. The number of hydrogen-bond donors (Lipinski definition) is 1. The molecule has 8 heteroatoms. The van der Waals surface area contributed by atoms with Gasteiger partial charge in [-0.1, -0.05) is 6.92 Å². The molecule has 0 amide bonds. The van der Waals surface area contributed by atoms with Crippen molar-refractivity contribution in [2.75, 3.05) is 4.72 Å². The topological polar surface area (TPSA) is 89.8 Å². The maximum absolute atomic E-state index is 12.7. The molecule has 1 saturated carbocycles. The molecule has 2 aromatic rings. The van der Waals surface area contributed by atoms with Crippen molar-refractivity contribution in [3.05, 3.63) is 28.8 Å². The third-order valence-electron chi connectivity index (χ3n) is 4.09. The second-order valence-electron chi connectivity index (χ2n) is 5.96. The van der Waals surface area contributed by atoms with Crippen molar-refractivity contribution in [3.63, 3.8) is 0 Å². The molecule has 7 nitrogen and oxygen atoms in total. The molecule has 3 rings (SSSR count). The molecule has 2 heterocycles. The zero-order chi connectivity index (χ0) is 16.8. The lowest BCUT2D eigenvalue weighted by Gasteiger charge is -2.10. The summed E-state index contributed by atoms with van der Waals surface area (Å²) in [7, 11) is -2.04. The van der Waals surface area contributed by atoms with Crippen molar-refractivity contribution >= 4 is 16.0 Å². The number of anilines is 1. The Balaban J connectivity index is 1.98. The van der Waals surface area contributed by atoms with Crippen LogP contribution in [0, 0.1) is 13.8 Å². The van der Waals surface area contributed by atoms with Gasteiger partial charge in [-0.3, -0.25) is 4.68 Å². The van der Waals surface area contributed by atoms with Crippen LogP contribution in [0.4, 0.5) is 5.95 Å². The van der Waals surface area contributed by atoms with E-state index in [1.807, 2.05) is 13.0 Å². The predicted molar refractivity (Wildman–Crippen MR) is 86.9 cm³/mol. The van der Waals surface area contributed by atoms with Crippen LogP contribution in [0.5, 0.6) is 0 Å². The molecule has 1 aliphatic carbocycles. The van der Waals surface area contributed by atoms with E-state index in [-0.39, 0.29) is 10.8 Å². The summed E-state index contributed by atoms with van der Waals surface area (Å²) in [5.41, 5.74) is 2.82. The summed E-state index contributed by atoms with van der Waals surface area (Å²) in [6.07, 6.45) is 2.95. The van der Waals surface area contributed by atoms with Crippen LogP contribution in [0.2, 0.25) is 0 Å². The summed E-state index contributed by atoms with van der Waals surface area (Å²) < 4.78 is 29.5. The number of aromatic nitrogens is 4. The Bertz CT molecular complexity index is 853. The Morgan fingerprint density at radius 2 is 2.00 bits per heavy atom. The van der Waals surface area contributed by atoms with E-state index < -0.39 is 10.0 Å². The zero-order valence-corrected chi connectivity index (χ0v) is 14.6. The van der Waals surface area contributed by atoms with Gasteiger partial charge in [0.05, 0.1) is 11.4 Å². The third kappa shape index (κ3) is 3.08. The third-order valence-corrected chi connectivity index (χ3v) is 5.67. The first-order chi connectivity index (χ1) is 10.8. The average molecular weight is 335 g/mol. The van der Waals surface area contributed by atoms with Crippen LogP contribution in [-0.4, -0.2) is 28.2 Å². The molecule has 0 aliphatic heterocycles. The fraction of sp³-hybridized carbons (Fsp3) is 0.533. The fourth-order valence-corrected chi connectivity index (χ4v) is 4.03. The van der Waals surface area contributed by atoms with Crippen LogP contribution >= 0.6 is 0 Å². The standard InChI is InChI=1S/C15H21N5O2S/c1-5-12-8-13(11-6-7-11)17-15(16-12)19-23(21,22)14-9(2)18-20(4)10(14)3/h8,11H,5-7H2,1-4H3,(H,16,17,19). The van der Waals surface area contributed by atoms with E-state index in [2.05, 4.69) is 19.8 Å². The first-order valence-electron chi connectivity index (χ1n) is 7.72. The largest absolute Gasteiger partial charge is 0.271 e. The monoisotopic (exact) mass is 335 g/mol. The minimum Gasteiger partial charge on any atom is -0.271 e. The van der Waals surface area contributed by atoms with Crippen LogP contribution < -0.4 is 4.72 Å². The summed E-state index contributed by atoms with van der Waals surface area (Å²) in [6, 6.07) is 1.97. The van der Waals surface area contributed by atoms with E-state index in [9.17, 15) is 8.42 Å². The summed E-state index contributed by atoms with van der Waals surface area (Å²) in [5, 5.41) is 4.16. The van der Waals surface area contributed by atoms with Crippen molar-refractivity contribution in [2.45, 2.75) is 50.8 Å². The SMILES string of the molecule is CCc1cc(C2CC2)nc(NS(=O)(=O)c2c(C)nn(C)c2C)n1.